The number of benzene rings is 1. The normalized spacial score (nSPS) is 16.1. The summed E-state index contributed by atoms with van der Waals surface area (Å²) in [7, 11) is 0. The molecule has 1 fully saturated rings. The van der Waals surface area contributed by atoms with Crippen LogP contribution < -0.4 is 5.73 Å². The minimum Gasteiger partial charge on any atom is -0.375 e. The lowest BCUT2D eigenvalue weighted by Gasteiger charge is -2.31. The van der Waals surface area contributed by atoms with Crippen molar-refractivity contribution in [1.82, 2.24) is 9.88 Å². The molecule has 21 heavy (non-hydrogen) atoms. The van der Waals surface area contributed by atoms with Gasteiger partial charge in [0.15, 0.2) is 5.13 Å². The molecule has 5 heteroatoms. The van der Waals surface area contributed by atoms with E-state index in [4.69, 9.17) is 5.73 Å². The molecule has 0 aliphatic carbocycles. The molecule has 3 rings (SSSR count). The van der Waals surface area contributed by atoms with E-state index in [0.717, 1.165) is 37.2 Å². The van der Waals surface area contributed by atoms with Crippen LogP contribution in [0.1, 0.15) is 30.0 Å². The van der Waals surface area contributed by atoms with Gasteiger partial charge in [-0.2, -0.15) is 0 Å². The molecule has 0 atom stereocenters. The monoisotopic (exact) mass is 301 g/mol. The molecule has 0 bridgehead atoms. The molecule has 1 aromatic heterocycles. The van der Waals surface area contributed by atoms with Gasteiger partial charge in [0.2, 0.25) is 5.91 Å². The predicted octanol–water partition coefficient (Wildman–Crippen LogP) is 2.67. The minimum atomic E-state index is 0.220. The van der Waals surface area contributed by atoms with Crippen LogP contribution >= 0.6 is 11.3 Å². The summed E-state index contributed by atoms with van der Waals surface area (Å²) >= 11 is 1.49. The van der Waals surface area contributed by atoms with Crippen LogP contribution in [0.5, 0.6) is 0 Å². The van der Waals surface area contributed by atoms with Gasteiger partial charge in [0.1, 0.15) is 0 Å². The third-order valence-corrected chi connectivity index (χ3v) is 4.70. The Morgan fingerprint density at radius 3 is 2.62 bits per heavy atom. The summed E-state index contributed by atoms with van der Waals surface area (Å²) in [4.78, 5) is 18.6. The molecule has 0 spiro atoms. The summed E-state index contributed by atoms with van der Waals surface area (Å²) in [5.74, 6) is 0.664. The van der Waals surface area contributed by atoms with E-state index in [2.05, 4.69) is 4.98 Å². The highest BCUT2D eigenvalue weighted by Gasteiger charge is 2.25. The van der Waals surface area contributed by atoms with Crippen molar-refractivity contribution in [3.05, 3.63) is 47.0 Å². The Balaban J connectivity index is 1.54. The second-order valence-electron chi connectivity index (χ2n) is 5.43. The second kappa shape index (κ2) is 6.26. The fraction of sp³-hybridized carbons (Fsp3) is 0.375. The molecule has 110 valence electrons. The number of hydrogen-bond donors (Lipinski definition) is 1. The molecule has 0 unspecified atom stereocenters. The highest BCUT2D eigenvalue weighted by atomic mass is 32.1. The van der Waals surface area contributed by atoms with Crippen molar-refractivity contribution in [2.45, 2.75) is 25.2 Å². The zero-order chi connectivity index (χ0) is 14.7. The van der Waals surface area contributed by atoms with Crippen molar-refractivity contribution in [1.29, 1.82) is 0 Å². The summed E-state index contributed by atoms with van der Waals surface area (Å²) in [6.07, 6.45) is 2.45. The van der Waals surface area contributed by atoms with Crippen molar-refractivity contribution < 1.29 is 4.79 Å². The molecule has 1 aromatic carbocycles. The molecule has 0 saturated carbocycles. The first-order valence-corrected chi connectivity index (χ1v) is 8.13. The van der Waals surface area contributed by atoms with Gasteiger partial charge >= 0.3 is 0 Å². The zero-order valence-electron chi connectivity index (χ0n) is 11.9. The first kappa shape index (κ1) is 14.1. The Morgan fingerprint density at radius 1 is 1.29 bits per heavy atom. The first-order chi connectivity index (χ1) is 10.2. The summed E-state index contributed by atoms with van der Waals surface area (Å²) < 4.78 is 0. The van der Waals surface area contributed by atoms with E-state index in [0.29, 0.717) is 17.5 Å². The van der Waals surface area contributed by atoms with Crippen LogP contribution in [0.15, 0.2) is 35.7 Å². The van der Waals surface area contributed by atoms with E-state index in [1.54, 1.807) is 0 Å². The standard InChI is InChI=1S/C16H19N3OS/c17-16-18-14(11-21-16)13-6-8-19(9-7-13)15(20)10-12-4-2-1-3-5-12/h1-5,11,13H,6-10H2,(H2,17,18). The van der Waals surface area contributed by atoms with E-state index in [1.807, 2.05) is 40.6 Å². The van der Waals surface area contributed by atoms with Gasteiger partial charge < -0.3 is 10.6 Å². The average molecular weight is 301 g/mol. The van der Waals surface area contributed by atoms with Gasteiger partial charge in [0.05, 0.1) is 12.1 Å². The van der Waals surface area contributed by atoms with E-state index in [-0.39, 0.29) is 5.91 Å². The third kappa shape index (κ3) is 3.42. The highest BCUT2D eigenvalue weighted by Crippen LogP contribution is 2.29. The molecule has 0 radical (unpaired) electrons. The van der Waals surface area contributed by atoms with Crippen LogP contribution in [0.3, 0.4) is 0 Å². The Bertz CT molecular complexity index is 603. The fourth-order valence-electron chi connectivity index (χ4n) is 2.80. The lowest BCUT2D eigenvalue weighted by atomic mass is 9.94. The number of carbonyl (C=O) groups excluding carboxylic acids is 1. The van der Waals surface area contributed by atoms with Gasteiger partial charge in [-0.3, -0.25) is 4.79 Å². The molecule has 1 aliphatic heterocycles. The number of anilines is 1. The Morgan fingerprint density at radius 2 is 2.00 bits per heavy atom. The summed E-state index contributed by atoms with van der Waals surface area (Å²) in [5.41, 5.74) is 7.86. The number of nitrogen functional groups attached to an aromatic ring is 1. The average Bonchev–Trinajstić information content (AvgIpc) is 2.95. The summed E-state index contributed by atoms with van der Waals surface area (Å²) in [5, 5.41) is 2.68. The molecule has 2 aromatic rings. The number of hydrogen-bond acceptors (Lipinski definition) is 4. The van der Waals surface area contributed by atoms with Crippen LogP contribution in [-0.4, -0.2) is 28.9 Å². The van der Waals surface area contributed by atoms with Gasteiger partial charge in [-0.15, -0.1) is 11.3 Å². The molecule has 1 aliphatic rings. The lowest BCUT2D eigenvalue weighted by Crippen LogP contribution is -2.38. The summed E-state index contributed by atoms with van der Waals surface area (Å²) in [6, 6.07) is 9.92. The number of nitrogens with two attached hydrogens (primary N) is 1. The van der Waals surface area contributed by atoms with E-state index >= 15 is 0 Å². The van der Waals surface area contributed by atoms with E-state index < -0.39 is 0 Å². The van der Waals surface area contributed by atoms with Crippen LogP contribution in [0.4, 0.5) is 5.13 Å². The van der Waals surface area contributed by atoms with Crippen LogP contribution in [-0.2, 0) is 11.2 Å². The number of piperidine rings is 1. The van der Waals surface area contributed by atoms with Gasteiger partial charge in [-0.25, -0.2) is 4.98 Å². The van der Waals surface area contributed by atoms with Gasteiger partial charge in [0.25, 0.3) is 0 Å². The van der Waals surface area contributed by atoms with Crippen molar-refractivity contribution in [2.24, 2.45) is 0 Å². The van der Waals surface area contributed by atoms with Gasteiger partial charge in [-0.05, 0) is 18.4 Å². The number of likely N-dealkylation sites (tertiary alicyclic amines) is 1. The smallest absolute Gasteiger partial charge is 0.226 e. The second-order valence-corrected chi connectivity index (χ2v) is 6.32. The van der Waals surface area contributed by atoms with Crippen LogP contribution in [0.25, 0.3) is 0 Å². The third-order valence-electron chi connectivity index (χ3n) is 4.00. The number of amides is 1. The summed E-state index contributed by atoms with van der Waals surface area (Å²) in [6.45, 7) is 1.63. The number of nitrogens with zero attached hydrogens (tertiary/aromatic N) is 2. The fourth-order valence-corrected chi connectivity index (χ4v) is 3.44. The van der Waals surface area contributed by atoms with Gasteiger partial charge in [0, 0.05) is 24.4 Å². The number of thiazole rings is 1. The Kier molecular flexibility index (Phi) is 4.20. The van der Waals surface area contributed by atoms with Crippen LogP contribution in [0.2, 0.25) is 0 Å². The molecular formula is C16H19N3OS. The molecular weight excluding hydrogens is 282 g/mol. The molecule has 2 heterocycles. The van der Waals surface area contributed by atoms with Crippen molar-refractivity contribution in [2.75, 3.05) is 18.8 Å². The van der Waals surface area contributed by atoms with Crippen LogP contribution in [0, 0.1) is 0 Å². The lowest BCUT2D eigenvalue weighted by molar-refractivity contribution is -0.131. The SMILES string of the molecule is Nc1nc(C2CCN(C(=O)Cc3ccccc3)CC2)cs1. The van der Waals surface area contributed by atoms with Crippen molar-refractivity contribution in [3.63, 3.8) is 0 Å². The Hall–Kier alpha value is -1.88. The molecule has 1 saturated heterocycles. The first-order valence-electron chi connectivity index (χ1n) is 7.25. The number of aromatic nitrogens is 1. The maximum atomic E-state index is 12.3. The molecule has 1 amide bonds. The Labute approximate surface area is 128 Å². The number of rotatable bonds is 3. The predicted molar refractivity (Wildman–Crippen MR) is 85.2 cm³/mol. The number of carbonyl (C=O) groups is 1. The minimum absolute atomic E-state index is 0.220. The quantitative estimate of drug-likeness (QED) is 0.948. The van der Waals surface area contributed by atoms with E-state index in [1.165, 1.54) is 11.3 Å². The topological polar surface area (TPSA) is 59.2 Å². The maximum absolute atomic E-state index is 12.3. The molecule has 4 nitrogen and oxygen atoms in total. The van der Waals surface area contributed by atoms with Gasteiger partial charge in [-0.1, -0.05) is 30.3 Å². The van der Waals surface area contributed by atoms with E-state index in [9.17, 15) is 4.79 Å². The van der Waals surface area contributed by atoms with Crippen molar-refractivity contribution in [3.8, 4) is 0 Å². The molecule has 2 N–H and O–H groups in total. The van der Waals surface area contributed by atoms with Crippen molar-refractivity contribution >= 4 is 22.4 Å². The highest BCUT2D eigenvalue weighted by molar-refractivity contribution is 7.13. The largest absolute Gasteiger partial charge is 0.375 e. The zero-order valence-corrected chi connectivity index (χ0v) is 12.7. The maximum Gasteiger partial charge on any atom is 0.226 e.